The monoisotopic (exact) mass is 280 g/mol. The number of aliphatic hydroxyl groups is 1. The van der Waals surface area contributed by atoms with Crippen LogP contribution in [0.5, 0.6) is 0 Å². The van der Waals surface area contributed by atoms with Crippen molar-refractivity contribution >= 4 is 11.6 Å². The Balaban J connectivity index is 2.89. The van der Waals surface area contributed by atoms with Crippen molar-refractivity contribution in [3.8, 4) is 0 Å². The van der Waals surface area contributed by atoms with Crippen molar-refractivity contribution in [1.82, 2.24) is 9.97 Å². The normalized spacial score (nSPS) is 12.5. The highest BCUT2D eigenvalue weighted by Crippen LogP contribution is 2.15. The van der Waals surface area contributed by atoms with Crippen LogP contribution in [0.2, 0.25) is 0 Å². The second-order valence-corrected chi connectivity index (χ2v) is 5.41. The molecule has 0 bridgehead atoms. The van der Waals surface area contributed by atoms with Crippen molar-refractivity contribution in [2.24, 2.45) is 5.92 Å². The minimum Gasteiger partial charge on any atom is -0.394 e. The van der Waals surface area contributed by atoms with E-state index in [-0.39, 0.29) is 12.6 Å². The van der Waals surface area contributed by atoms with E-state index in [9.17, 15) is 5.11 Å². The molecule has 114 valence electrons. The van der Waals surface area contributed by atoms with Crippen LogP contribution in [0.4, 0.5) is 11.6 Å². The van der Waals surface area contributed by atoms with Gasteiger partial charge >= 0.3 is 0 Å². The Morgan fingerprint density at radius 1 is 1.15 bits per heavy atom. The van der Waals surface area contributed by atoms with Crippen molar-refractivity contribution in [2.75, 3.05) is 23.8 Å². The average molecular weight is 280 g/mol. The molecule has 0 saturated carbocycles. The van der Waals surface area contributed by atoms with Gasteiger partial charge in [-0.2, -0.15) is 0 Å². The molecule has 1 rings (SSSR count). The summed E-state index contributed by atoms with van der Waals surface area (Å²) in [5.74, 6) is 2.83. The lowest BCUT2D eigenvalue weighted by Gasteiger charge is -2.21. The number of nitrogens with one attached hydrogen (secondary N) is 2. The Bertz CT molecular complexity index is 395. The maximum atomic E-state index is 9.42. The fourth-order valence-corrected chi connectivity index (χ4v) is 1.86. The molecule has 0 aliphatic rings. The minimum absolute atomic E-state index is 0.0124. The van der Waals surface area contributed by atoms with Crippen LogP contribution in [0, 0.1) is 5.92 Å². The molecule has 3 N–H and O–H groups in total. The molecule has 5 nitrogen and oxygen atoms in total. The zero-order chi connectivity index (χ0) is 15.0. The quantitative estimate of drug-likeness (QED) is 0.649. The van der Waals surface area contributed by atoms with Gasteiger partial charge in [-0.15, -0.1) is 0 Å². The van der Waals surface area contributed by atoms with Crippen molar-refractivity contribution in [1.29, 1.82) is 0 Å². The van der Waals surface area contributed by atoms with Gasteiger partial charge in [0.05, 0.1) is 12.6 Å². The van der Waals surface area contributed by atoms with Crippen LogP contribution in [0.15, 0.2) is 6.07 Å². The maximum Gasteiger partial charge on any atom is 0.133 e. The number of aliphatic hydroxyl groups excluding tert-OH is 1. The lowest BCUT2D eigenvalue weighted by molar-refractivity contribution is 0.249. The van der Waals surface area contributed by atoms with Crippen molar-refractivity contribution in [3.05, 3.63) is 11.9 Å². The minimum atomic E-state index is 0.0124. The topological polar surface area (TPSA) is 70.1 Å². The first-order valence-electron chi connectivity index (χ1n) is 7.59. The van der Waals surface area contributed by atoms with Crippen LogP contribution >= 0.6 is 0 Å². The maximum absolute atomic E-state index is 9.42. The third kappa shape index (κ3) is 5.33. The molecule has 0 aliphatic carbocycles. The van der Waals surface area contributed by atoms with E-state index in [0.29, 0.717) is 5.92 Å². The van der Waals surface area contributed by atoms with Gasteiger partial charge in [0.1, 0.15) is 17.5 Å². The summed E-state index contributed by atoms with van der Waals surface area (Å²) in [5, 5.41) is 16.0. The summed E-state index contributed by atoms with van der Waals surface area (Å²) in [7, 11) is 0. The van der Waals surface area contributed by atoms with Crippen molar-refractivity contribution in [2.45, 2.75) is 53.0 Å². The Hall–Kier alpha value is -1.36. The molecule has 0 fully saturated rings. The Labute approximate surface area is 122 Å². The summed E-state index contributed by atoms with van der Waals surface area (Å²) in [4.78, 5) is 9.04. The number of aryl methyl sites for hydroxylation is 1. The summed E-state index contributed by atoms with van der Waals surface area (Å²) in [6.45, 7) is 9.41. The molecule has 1 aromatic heterocycles. The average Bonchev–Trinajstić information content (AvgIpc) is 2.42. The first kappa shape index (κ1) is 16.7. The molecule has 0 unspecified atom stereocenters. The molecule has 0 radical (unpaired) electrons. The second-order valence-electron chi connectivity index (χ2n) is 5.41. The molecule has 5 heteroatoms. The van der Waals surface area contributed by atoms with E-state index < -0.39 is 0 Å². The molecule has 0 amide bonds. The largest absolute Gasteiger partial charge is 0.394 e. The van der Waals surface area contributed by atoms with E-state index >= 15 is 0 Å². The zero-order valence-corrected chi connectivity index (χ0v) is 13.1. The molecule has 1 aromatic rings. The highest BCUT2D eigenvalue weighted by atomic mass is 16.3. The third-order valence-electron chi connectivity index (χ3n) is 3.14. The Morgan fingerprint density at radius 3 is 2.40 bits per heavy atom. The van der Waals surface area contributed by atoms with Gasteiger partial charge in [0, 0.05) is 19.0 Å². The highest BCUT2D eigenvalue weighted by Gasteiger charge is 2.13. The van der Waals surface area contributed by atoms with Crippen LogP contribution in [0.1, 0.15) is 46.4 Å². The molecule has 0 aromatic carbocycles. The van der Waals surface area contributed by atoms with Crippen LogP contribution in [0.25, 0.3) is 0 Å². The van der Waals surface area contributed by atoms with E-state index in [2.05, 4.69) is 48.3 Å². The molecule has 0 spiro atoms. The predicted molar refractivity (Wildman–Crippen MR) is 84.1 cm³/mol. The van der Waals surface area contributed by atoms with Gasteiger partial charge in [-0.05, 0) is 18.8 Å². The molecule has 1 atom stereocenters. The molecule has 0 aliphatic heterocycles. The van der Waals surface area contributed by atoms with Crippen molar-refractivity contribution < 1.29 is 5.11 Å². The zero-order valence-electron chi connectivity index (χ0n) is 13.1. The van der Waals surface area contributed by atoms with Gasteiger partial charge in [0.2, 0.25) is 0 Å². The van der Waals surface area contributed by atoms with E-state index in [1.165, 1.54) is 0 Å². The van der Waals surface area contributed by atoms with Gasteiger partial charge in [-0.25, -0.2) is 9.97 Å². The van der Waals surface area contributed by atoms with E-state index in [1.807, 2.05) is 6.07 Å². The van der Waals surface area contributed by atoms with Crippen LogP contribution in [-0.4, -0.2) is 34.3 Å². The predicted octanol–water partition coefficient (Wildman–Crippen LogP) is 2.68. The van der Waals surface area contributed by atoms with Crippen LogP contribution in [-0.2, 0) is 6.42 Å². The fourth-order valence-electron chi connectivity index (χ4n) is 1.86. The molecule has 0 saturated heterocycles. The van der Waals surface area contributed by atoms with Gasteiger partial charge in [-0.3, -0.25) is 0 Å². The van der Waals surface area contributed by atoms with Gasteiger partial charge in [0.15, 0.2) is 0 Å². The van der Waals surface area contributed by atoms with Gasteiger partial charge < -0.3 is 15.7 Å². The molecule has 20 heavy (non-hydrogen) atoms. The standard InChI is InChI=1S/C15H28N4O/c1-5-7-13-18-14(16-8-6-2)9-15(19-13)17-12(10-20)11(3)4/h9,11-12,20H,5-8,10H2,1-4H3,(H2,16,17,18,19)/t12-/m1/s1. The fraction of sp³-hybridized carbons (Fsp3) is 0.733. The van der Waals surface area contributed by atoms with E-state index in [1.54, 1.807) is 0 Å². The molecular formula is C15H28N4O. The summed E-state index contributed by atoms with van der Waals surface area (Å²) in [6.07, 6.45) is 2.94. The van der Waals surface area contributed by atoms with Gasteiger partial charge in [-0.1, -0.05) is 27.7 Å². The number of nitrogens with zero attached hydrogens (tertiary/aromatic N) is 2. The number of hydrogen-bond donors (Lipinski definition) is 3. The third-order valence-corrected chi connectivity index (χ3v) is 3.14. The summed E-state index contributed by atoms with van der Waals surface area (Å²) >= 11 is 0. The lowest BCUT2D eigenvalue weighted by Crippen LogP contribution is -2.30. The number of anilines is 2. The van der Waals surface area contributed by atoms with Crippen LogP contribution in [0.3, 0.4) is 0 Å². The smallest absolute Gasteiger partial charge is 0.133 e. The van der Waals surface area contributed by atoms with Crippen molar-refractivity contribution in [3.63, 3.8) is 0 Å². The summed E-state index contributed by atoms with van der Waals surface area (Å²) in [5.41, 5.74) is 0. The van der Waals surface area contributed by atoms with E-state index in [0.717, 1.165) is 43.3 Å². The Kier molecular flexibility index (Phi) is 7.30. The lowest BCUT2D eigenvalue weighted by atomic mass is 10.1. The summed E-state index contributed by atoms with van der Waals surface area (Å²) in [6, 6.07) is 1.93. The molecule has 1 heterocycles. The number of aromatic nitrogens is 2. The SMILES string of the molecule is CCCNc1cc(N[C@H](CO)C(C)C)nc(CCC)n1. The number of hydrogen-bond acceptors (Lipinski definition) is 5. The highest BCUT2D eigenvalue weighted by molar-refractivity contribution is 5.48. The number of rotatable bonds is 9. The Morgan fingerprint density at radius 2 is 1.85 bits per heavy atom. The molecular weight excluding hydrogens is 252 g/mol. The first-order chi connectivity index (χ1) is 9.60. The van der Waals surface area contributed by atoms with Gasteiger partial charge in [0.25, 0.3) is 0 Å². The second kappa shape index (κ2) is 8.74. The summed E-state index contributed by atoms with van der Waals surface area (Å²) < 4.78 is 0. The van der Waals surface area contributed by atoms with Crippen LogP contribution < -0.4 is 10.6 Å². The van der Waals surface area contributed by atoms with E-state index in [4.69, 9.17) is 0 Å². The first-order valence-corrected chi connectivity index (χ1v) is 7.59.